The fraction of sp³-hybridized carbons (Fsp3) is 1.00. The quantitative estimate of drug-likeness (QED) is 0.489. The Balaban J connectivity index is 1.86. The molecule has 1 fully saturated rings. The maximum atomic E-state index is 10.1. The van der Waals surface area contributed by atoms with Crippen molar-refractivity contribution in [3.05, 3.63) is 0 Å². The lowest BCUT2D eigenvalue weighted by atomic mass is 10.2. The van der Waals surface area contributed by atoms with Gasteiger partial charge in [-0.3, -0.25) is 0 Å². The first-order valence-electron chi connectivity index (χ1n) is 4.39. The molecule has 0 aromatic rings. The Hall–Kier alpha value is -0.0600. The average Bonchev–Trinajstić information content (AvgIpc) is 2.55. The van der Waals surface area contributed by atoms with Crippen LogP contribution in [0.5, 0.6) is 0 Å². The van der Waals surface area contributed by atoms with Gasteiger partial charge in [-0.25, -0.2) is 0 Å². The van der Waals surface area contributed by atoms with Gasteiger partial charge in [0.2, 0.25) is 0 Å². The monoisotopic (exact) mass is 208 g/mol. The van der Waals surface area contributed by atoms with E-state index in [9.17, 15) is 4.57 Å². The summed E-state index contributed by atoms with van der Waals surface area (Å²) in [6.07, 6.45) is 2.35. The molecule has 0 aromatic carbocycles. The standard InChI is InChI=1S/C7H14NO4P/c9-13(10)12-5-4-11-6-7-2-1-3-8-7/h7-8H,1-6H2/p+1/t7-/m0/s1. The summed E-state index contributed by atoms with van der Waals surface area (Å²) in [7, 11) is -2.47. The van der Waals surface area contributed by atoms with E-state index >= 15 is 0 Å². The summed E-state index contributed by atoms with van der Waals surface area (Å²) >= 11 is 0. The van der Waals surface area contributed by atoms with E-state index in [2.05, 4.69) is 9.84 Å². The molecule has 2 N–H and O–H groups in total. The highest BCUT2D eigenvalue weighted by Crippen LogP contribution is 2.13. The van der Waals surface area contributed by atoms with Gasteiger partial charge in [-0.2, -0.15) is 0 Å². The van der Waals surface area contributed by atoms with Gasteiger partial charge in [0.1, 0.15) is 6.61 Å². The molecule has 76 valence electrons. The van der Waals surface area contributed by atoms with Gasteiger partial charge in [0.05, 0.1) is 13.2 Å². The van der Waals surface area contributed by atoms with Crippen LogP contribution < -0.4 is 5.32 Å². The molecule has 0 bridgehead atoms. The molecule has 0 aromatic heterocycles. The summed E-state index contributed by atoms with van der Waals surface area (Å²) in [6.45, 7) is 2.27. The normalized spacial score (nSPS) is 23.5. The third-order valence-corrected chi connectivity index (χ3v) is 2.31. The minimum Gasteiger partial charge on any atom is -0.377 e. The van der Waals surface area contributed by atoms with Crippen LogP contribution in [0, 0.1) is 0 Å². The van der Waals surface area contributed by atoms with Gasteiger partial charge in [-0.15, -0.1) is 9.42 Å². The molecule has 1 aliphatic heterocycles. The van der Waals surface area contributed by atoms with Crippen molar-refractivity contribution in [3.8, 4) is 0 Å². The van der Waals surface area contributed by atoms with Crippen molar-refractivity contribution in [2.45, 2.75) is 18.9 Å². The predicted molar refractivity (Wildman–Crippen MR) is 47.6 cm³/mol. The summed E-state index contributed by atoms with van der Waals surface area (Å²) in [4.78, 5) is 8.28. The largest absolute Gasteiger partial charge is 0.694 e. The molecule has 5 nitrogen and oxygen atoms in total. The molecule has 0 radical (unpaired) electrons. The first-order valence-corrected chi connectivity index (χ1v) is 5.52. The summed E-state index contributed by atoms with van der Waals surface area (Å²) in [5.41, 5.74) is 0. The Morgan fingerprint density at radius 2 is 2.38 bits per heavy atom. The Kier molecular flexibility index (Phi) is 5.43. The van der Waals surface area contributed by atoms with Gasteiger partial charge >= 0.3 is 8.25 Å². The van der Waals surface area contributed by atoms with E-state index in [1.54, 1.807) is 0 Å². The summed E-state index contributed by atoms with van der Waals surface area (Å²) in [5, 5.41) is 3.28. The van der Waals surface area contributed by atoms with E-state index < -0.39 is 8.25 Å². The molecule has 0 spiro atoms. The van der Waals surface area contributed by atoms with Crippen molar-refractivity contribution in [1.29, 1.82) is 0 Å². The zero-order valence-electron chi connectivity index (χ0n) is 7.44. The molecular formula is C7H15NO4P+. The first kappa shape index (κ1) is 11.0. The van der Waals surface area contributed by atoms with Crippen molar-refractivity contribution in [2.24, 2.45) is 0 Å². The molecule has 1 rings (SSSR count). The second kappa shape index (κ2) is 6.40. The van der Waals surface area contributed by atoms with E-state index in [-0.39, 0.29) is 6.61 Å². The lowest BCUT2D eigenvalue weighted by molar-refractivity contribution is 0.0857. The zero-order valence-corrected chi connectivity index (χ0v) is 8.33. The van der Waals surface area contributed by atoms with Gasteiger partial charge in [0.25, 0.3) is 0 Å². The van der Waals surface area contributed by atoms with E-state index in [0.717, 1.165) is 13.0 Å². The fourth-order valence-corrected chi connectivity index (χ4v) is 1.53. The second-order valence-corrected chi connectivity index (χ2v) is 3.67. The van der Waals surface area contributed by atoms with Crippen molar-refractivity contribution in [1.82, 2.24) is 5.32 Å². The van der Waals surface area contributed by atoms with Crippen LogP contribution >= 0.6 is 8.25 Å². The van der Waals surface area contributed by atoms with E-state index in [0.29, 0.717) is 19.3 Å². The van der Waals surface area contributed by atoms with Gasteiger partial charge in [-0.1, -0.05) is 0 Å². The molecular weight excluding hydrogens is 193 g/mol. The van der Waals surface area contributed by atoms with E-state index in [1.165, 1.54) is 6.42 Å². The van der Waals surface area contributed by atoms with Crippen molar-refractivity contribution >= 4 is 8.25 Å². The lowest BCUT2D eigenvalue weighted by Crippen LogP contribution is -2.27. The van der Waals surface area contributed by atoms with Crippen LogP contribution in [-0.4, -0.2) is 37.3 Å². The lowest BCUT2D eigenvalue weighted by Gasteiger charge is -2.08. The number of rotatable bonds is 6. The minimum absolute atomic E-state index is 0.179. The molecule has 1 heterocycles. The van der Waals surface area contributed by atoms with Crippen LogP contribution in [-0.2, 0) is 13.8 Å². The fourth-order valence-electron chi connectivity index (χ4n) is 1.30. The third-order valence-electron chi connectivity index (χ3n) is 1.91. The van der Waals surface area contributed by atoms with Gasteiger partial charge < -0.3 is 10.1 Å². The van der Waals surface area contributed by atoms with Crippen molar-refractivity contribution in [2.75, 3.05) is 26.4 Å². The second-order valence-electron chi connectivity index (χ2n) is 2.94. The van der Waals surface area contributed by atoms with Gasteiger partial charge in [0, 0.05) is 10.6 Å². The van der Waals surface area contributed by atoms with Crippen molar-refractivity contribution < 1.29 is 18.7 Å². The predicted octanol–water partition coefficient (Wildman–Crippen LogP) is 0.421. The first-order chi connectivity index (χ1) is 6.29. The summed E-state index contributed by atoms with van der Waals surface area (Å²) in [6, 6.07) is 0.447. The third kappa shape index (κ3) is 5.29. The highest BCUT2D eigenvalue weighted by Gasteiger charge is 2.14. The van der Waals surface area contributed by atoms with Gasteiger partial charge in [-0.05, 0) is 19.4 Å². The minimum atomic E-state index is -2.47. The summed E-state index contributed by atoms with van der Waals surface area (Å²) < 4.78 is 19.7. The molecule has 0 aliphatic carbocycles. The van der Waals surface area contributed by atoms with Crippen LogP contribution in [0.4, 0.5) is 0 Å². The highest BCUT2D eigenvalue weighted by atomic mass is 31.1. The topological polar surface area (TPSA) is 67.8 Å². The van der Waals surface area contributed by atoms with Crippen LogP contribution in [0.15, 0.2) is 0 Å². The highest BCUT2D eigenvalue weighted by molar-refractivity contribution is 7.32. The number of hydrogen-bond acceptors (Lipinski definition) is 4. The van der Waals surface area contributed by atoms with Crippen LogP contribution in [0.25, 0.3) is 0 Å². The van der Waals surface area contributed by atoms with Gasteiger partial charge in [0.15, 0.2) is 0 Å². The van der Waals surface area contributed by atoms with Crippen LogP contribution in [0.2, 0.25) is 0 Å². The Bertz CT molecular complexity index is 161. The Labute approximate surface area is 78.4 Å². The summed E-state index contributed by atoms with van der Waals surface area (Å²) in [5.74, 6) is 0. The molecule has 6 heteroatoms. The van der Waals surface area contributed by atoms with E-state index in [4.69, 9.17) is 9.63 Å². The van der Waals surface area contributed by atoms with Crippen LogP contribution in [0.3, 0.4) is 0 Å². The van der Waals surface area contributed by atoms with E-state index in [1.807, 2.05) is 0 Å². The molecule has 13 heavy (non-hydrogen) atoms. The maximum absolute atomic E-state index is 10.1. The number of hydrogen-bond donors (Lipinski definition) is 2. The number of ether oxygens (including phenoxy) is 1. The zero-order chi connectivity index (χ0) is 9.52. The molecule has 1 aliphatic rings. The van der Waals surface area contributed by atoms with Crippen LogP contribution in [0.1, 0.15) is 12.8 Å². The molecule has 1 unspecified atom stereocenters. The number of nitrogens with one attached hydrogen (secondary N) is 1. The Morgan fingerprint density at radius 1 is 1.54 bits per heavy atom. The maximum Gasteiger partial charge on any atom is 0.694 e. The smallest absolute Gasteiger partial charge is 0.377 e. The average molecular weight is 208 g/mol. The Morgan fingerprint density at radius 3 is 3.00 bits per heavy atom. The molecule has 1 saturated heterocycles. The molecule has 0 saturated carbocycles. The molecule has 2 atom stereocenters. The van der Waals surface area contributed by atoms with Crippen molar-refractivity contribution in [3.63, 3.8) is 0 Å². The molecule has 0 amide bonds. The SMILES string of the molecule is O=[P+](O)OCCOC[C@@H]1CCCN1.